The van der Waals surface area contributed by atoms with Crippen molar-refractivity contribution in [1.29, 1.82) is 0 Å². The Bertz CT molecular complexity index is 1000. The molecule has 1 aliphatic heterocycles. The molecule has 3 aliphatic carbocycles. The minimum Gasteiger partial charge on any atom is -0.482 e. The Hall–Kier alpha value is -1.66. The van der Waals surface area contributed by atoms with E-state index in [0.29, 0.717) is 47.7 Å². The highest BCUT2D eigenvalue weighted by molar-refractivity contribution is 6.18. The summed E-state index contributed by atoms with van der Waals surface area (Å²) in [5, 5.41) is 3.31. The Kier molecular flexibility index (Phi) is 8.40. The smallest absolute Gasteiger partial charge is 0.344 e. The highest BCUT2D eigenvalue weighted by Crippen LogP contribution is 2.64. The number of rotatable bonds is 9. The van der Waals surface area contributed by atoms with Gasteiger partial charge >= 0.3 is 5.97 Å². The molecular formula is C30H42Cl2N2O4. The van der Waals surface area contributed by atoms with Crippen LogP contribution in [0.2, 0.25) is 0 Å². The maximum Gasteiger partial charge on any atom is 0.344 e. The van der Waals surface area contributed by atoms with Crippen LogP contribution in [0, 0.1) is 28.6 Å². The van der Waals surface area contributed by atoms with Crippen molar-refractivity contribution in [2.24, 2.45) is 28.6 Å². The number of halogens is 2. The fraction of sp³-hybridized carbons (Fsp3) is 0.733. The summed E-state index contributed by atoms with van der Waals surface area (Å²) in [5.41, 5.74) is 1.25. The Morgan fingerprint density at radius 1 is 0.974 bits per heavy atom. The van der Waals surface area contributed by atoms with Gasteiger partial charge < -0.3 is 19.7 Å². The number of anilines is 1. The van der Waals surface area contributed by atoms with Crippen LogP contribution in [-0.4, -0.2) is 55.5 Å². The molecule has 38 heavy (non-hydrogen) atoms. The van der Waals surface area contributed by atoms with Crippen LogP contribution in [-0.2, 0) is 14.3 Å². The number of nitrogens with zero attached hydrogens (tertiary/aromatic N) is 1. The van der Waals surface area contributed by atoms with E-state index in [1.807, 2.05) is 24.3 Å². The lowest BCUT2D eigenvalue weighted by molar-refractivity contribution is -0.164. The van der Waals surface area contributed by atoms with E-state index in [0.717, 1.165) is 57.3 Å². The Labute approximate surface area is 237 Å². The zero-order valence-corrected chi connectivity index (χ0v) is 24.2. The van der Waals surface area contributed by atoms with Gasteiger partial charge in [-0.2, -0.15) is 0 Å². The zero-order chi connectivity index (χ0) is 26.9. The van der Waals surface area contributed by atoms with E-state index < -0.39 is 0 Å². The summed E-state index contributed by atoms with van der Waals surface area (Å²) in [7, 11) is 0. The predicted octanol–water partition coefficient (Wildman–Crippen LogP) is 5.78. The molecule has 1 amide bonds. The fourth-order valence-corrected chi connectivity index (χ4v) is 8.92. The summed E-state index contributed by atoms with van der Waals surface area (Å²) in [4.78, 5) is 27.0. The lowest BCUT2D eigenvalue weighted by Crippen LogP contribution is -2.61. The molecule has 0 unspecified atom stereocenters. The topological polar surface area (TPSA) is 67.9 Å². The maximum atomic E-state index is 12.9. The van der Waals surface area contributed by atoms with Crippen LogP contribution < -0.4 is 15.0 Å². The Morgan fingerprint density at radius 2 is 1.68 bits per heavy atom. The van der Waals surface area contributed by atoms with Gasteiger partial charge in [0.15, 0.2) is 6.61 Å². The summed E-state index contributed by atoms with van der Waals surface area (Å²) in [6, 6.07) is 7.99. The number of benzene rings is 1. The third kappa shape index (κ3) is 5.24. The maximum absolute atomic E-state index is 12.9. The van der Waals surface area contributed by atoms with Crippen molar-refractivity contribution in [1.82, 2.24) is 5.32 Å². The Balaban J connectivity index is 1.16. The number of nitrogens with one attached hydrogen (secondary N) is 1. The van der Waals surface area contributed by atoms with Crippen molar-refractivity contribution < 1.29 is 19.1 Å². The molecule has 6 nitrogen and oxygen atoms in total. The zero-order valence-electron chi connectivity index (χ0n) is 22.7. The molecule has 1 N–H and O–H groups in total. The van der Waals surface area contributed by atoms with E-state index in [4.69, 9.17) is 32.7 Å². The molecule has 0 aromatic heterocycles. The van der Waals surface area contributed by atoms with Gasteiger partial charge in [0.25, 0.3) is 0 Å². The van der Waals surface area contributed by atoms with Crippen LogP contribution in [0.5, 0.6) is 5.75 Å². The van der Waals surface area contributed by atoms with Crippen LogP contribution in [0.15, 0.2) is 24.3 Å². The summed E-state index contributed by atoms with van der Waals surface area (Å²) in [6.07, 6.45) is 8.12. The molecular weight excluding hydrogens is 523 g/mol. The van der Waals surface area contributed by atoms with Crippen molar-refractivity contribution in [2.45, 2.75) is 77.4 Å². The summed E-state index contributed by atoms with van der Waals surface area (Å²) in [6.45, 7) is 6.12. The van der Waals surface area contributed by atoms with Gasteiger partial charge in [-0.05, 0) is 92.4 Å². The number of fused-ring (bicyclic) bond motifs is 5. The van der Waals surface area contributed by atoms with E-state index in [1.54, 1.807) is 0 Å². The summed E-state index contributed by atoms with van der Waals surface area (Å²) < 4.78 is 11.9. The van der Waals surface area contributed by atoms with E-state index in [9.17, 15) is 9.59 Å². The number of carbonyl (C=O) groups is 2. The first-order valence-electron chi connectivity index (χ1n) is 14.4. The number of ether oxygens (including phenoxy) is 2. The van der Waals surface area contributed by atoms with Gasteiger partial charge in [-0.25, -0.2) is 4.79 Å². The van der Waals surface area contributed by atoms with Crippen LogP contribution in [0.1, 0.15) is 65.2 Å². The molecule has 4 aliphatic rings. The molecule has 0 bridgehead atoms. The second-order valence-electron chi connectivity index (χ2n) is 12.3. The van der Waals surface area contributed by atoms with Crippen molar-refractivity contribution in [3.63, 3.8) is 0 Å². The van der Waals surface area contributed by atoms with E-state index in [1.165, 1.54) is 6.42 Å². The first-order chi connectivity index (χ1) is 18.3. The second-order valence-corrected chi connectivity index (χ2v) is 13.1. The fourth-order valence-electron chi connectivity index (χ4n) is 8.51. The summed E-state index contributed by atoms with van der Waals surface area (Å²) in [5.74, 6) is 3.50. The number of carbonyl (C=O) groups excluding carboxylic acids is 2. The molecule has 3 saturated carbocycles. The standard InChI is InChI=1S/C30H42Cl2N2O4/c1-29-14-12-27(35)33-25(29)9-7-22-23-8-10-26(30(23,2)13-11-24(22)29)38-28(36)19-37-21-5-3-20(4-6-21)34(17-15-31)18-16-32/h3-6,22-26H,7-19H2,1-2H3,(H,33,35)/t22-,23+,24-,25+,26-,29-,30+/m0/s1. The van der Waals surface area contributed by atoms with E-state index >= 15 is 0 Å². The average Bonchev–Trinajstić information content (AvgIpc) is 3.24. The largest absolute Gasteiger partial charge is 0.482 e. The highest BCUT2D eigenvalue weighted by Gasteiger charge is 2.61. The van der Waals surface area contributed by atoms with Crippen molar-refractivity contribution >= 4 is 40.8 Å². The van der Waals surface area contributed by atoms with Gasteiger partial charge in [-0.15, -0.1) is 23.2 Å². The molecule has 1 saturated heterocycles. The number of hydrogen-bond acceptors (Lipinski definition) is 5. The molecule has 1 heterocycles. The molecule has 8 heteroatoms. The second kappa shape index (κ2) is 11.4. The number of piperidine rings is 1. The molecule has 1 aromatic rings. The number of hydrogen-bond donors (Lipinski definition) is 1. The third-order valence-electron chi connectivity index (χ3n) is 10.5. The highest BCUT2D eigenvalue weighted by atomic mass is 35.5. The van der Waals surface area contributed by atoms with Gasteiger partial charge in [0, 0.05) is 48.4 Å². The number of amides is 1. The molecule has 210 valence electrons. The van der Waals surface area contributed by atoms with Crippen molar-refractivity contribution in [3.8, 4) is 5.75 Å². The van der Waals surface area contributed by atoms with Crippen LogP contribution in [0.25, 0.3) is 0 Å². The normalized spacial score (nSPS) is 35.9. The lowest BCUT2D eigenvalue weighted by Gasteiger charge is -2.60. The quantitative estimate of drug-likeness (QED) is 0.304. The molecule has 0 radical (unpaired) electrons. The monoisotopic (exact) mass is 564 g/mol. The average molecular weight is 566 g/mol. The third-order valence-corrected chi connectivity index (χ3v) is 10.9. The first kappa shape index (κ1) is 27.9. The predicted molar refractivity (Wildman–Crippen MR) is 151 cm³/mol. The summed E-state index contributed by atoms with van der Waals surface area (Å²) >= 11 is 11.8. The molecule has 0 spiro atoms. The Morgan fingerprint density at radius 3 is 2.39 bits per heavy atom. The van der Waals surface area contributed by atoms with Crippen LogP contribution in [0.4, 0.5) is 5.69 Å². The molecule has 5 rings (SSSR count). The van der Waals surface area contributed by atoms with Gasteiger partial charge in [0.2, 0.25) is 5.91 Å². The van der Waals surface area contributed by atoms with Crippen molar-refractivity contribution in [2.75, 3.05) is 36.4 Å². The number of esters is 1. The SMILES string of the molecule is C[C@@]12CC[C@H]3[C@@H](CC[C@H]4NC(=O)CC[C@]43C)[C@H]1CC[C@@H]2OC(=O)COc1ccc(N(CCCl)CCCl)cc1. The van der Waals surface area contributed by atoms with Gasteiger partial charge in [-0.3, -0.25) is 4.79 Å². The minimum atomic E-state index is -0.292. The lowest BCUT2D eigenvalue weighted by atomic mass is 9.47. The van der Waals surface area contributed by atoms with Crippen LogP contribution >= 0.6 is 23.2 Å². The first-order valence-corrected chi connectivity index (χ1v) is 15.4. The van der Waals surface area contributed by atoms with Gasteiger partial charge in [0.1, 0.15) is 11.9 Å². The minimum absolute atomic E-state index is 0.0217. The van der Waals surface area contributed by atoms with Gasteiger partial charge in [-0.1, -0.05) is 13.8 Å². The van der Waals surface area contributed by atoms with E-state index in [-0.39, 0.29) is 35.4 Å². The molecule has 4 fully saturated rings. The molecule has 7 atom stereocenters. The number of alkyl halides is 2. The van der Waals surface area contributed by atoms with Crippen molar-refractivity contribution in [3.05, 3.63) is 24.3 Å². The van der Waals surface area contributed by atoms with Crippen LogP contribution in [0.3, 0.4) is 0 Å². The van der Waals surface area contributed by atoms with Gasteiger partial charge in [0.05, 0.1) is 0 Å². The van der Waals surface area contributed by atoms with E-state index in [2.05, 4.69) is 24.1 Å². The molecule has 1 aromatic carbocycles.